The minimum atomic E-state index is 0.468. The molecule has 0 aliphatic heterocycles. The van der Waals surface area contributed by atoms with E-state index < -0.39 is 0 Å². The van der Waals surface area contributed by atoms with Crippen LogP contribution in [0.2, 0.25) is 0 Å². The number of nitrogens with zero attached hydrogens (tertiary/aromatic N) is 1. The quantitative estimate of drug-likeness (QED) is 0.679. The molecule has 1 rings (SSSR count). The molecule has 1 fully saturated rings. The molecular weight excluding hydrogens is 228 g/mol. The number of methoxy groups -OCH3 is 2. The lowest BCUT2D eigenvalue weighted by molar-refractivity contribution is 0.0480. The van der Waals surface area contributed by atoms with Crippen LogP contribution in [0.15, 0.2) is 0 Å². The molecule has 4 heteroatoms. The van der Waals surface area contributed by atoms with Crippen molar-refractivity contribution < 1.29 is 9.47 Å². The molecule has 0 bridgehead atoms. The van der Waals surface area contributed by atoms with Crippen molar-refractivity contribution >= 4 is 0 Å². The Morgan fingerprint density at radius 2 is 2.06 bits per heavy atom. The molecule has 3 atom stereocenters. The highest BCUT2D eigenvalue weighted by Crippen LogP contribution is 2.25. The zero-order valence-electron chi connectivity index (χ0n) is 12.4. The highest BCUT2D eigenvalue weighted by atomic mass is 16.5. The second-order valence-corrected chi connectivity index (χ2v) is 5.26. The molecule has 0 spiro atoms. The first-order chi connectivity index (χ1) is 8.72. The van der Waals surface area contributed by atoms with E-state index >= 15 is 0 Å². The molecule has 18 heavy (non-hydrogen) atoms. The summed E-state index contributed by atoms with van der Waals surface area (Å²) in [6.45, 7) is 8.11. The van der Waals surface area contributed by atoms with Gasteiger partial charge in [0.15, 0.2) is 0 Å². The summed E-state index contributed by atoms with van der Waals surface area (Å²) in [6.07, 6.45) is 3.84. The predicted octanol–water partition coefficient (Wildman–Crippen LogP) is 1.50. The van der Waals surface area contributed by atoms with E-state index in [-0.39, 0.29) is 0 Å². The highest BCUT2D eigenvalue weighted by Gasteiger charge is 2.30. The van der Waals surface area contributed by atoms with Crippen LogP contribution in [-0.2, 0) is 9.47 Å². The summed E-state index contributed by atoms with van der Waals surface area (Å²) >= 11 is 0. The van der Waals surface area contributed by atoms with Gasteiger partial charge in [-0.25, -0.2) is 0 Å². The van der Waals surface area contributed by atoms with Crippen molar-refractivity contribution in [3.63, 3.8) is 0 Å². The average molecular weight is 258 g/mol. The van der Waals surface area contributed by atoms with Crippen molar-refractivity contribution in [1.82, 2.24) is 10.2 Å². The van der Waals surface area contributed by atoms with Crippen LogP contribution in [0.3, 0.4) is 0 Å². The number of hydrogen-bond donors (Lipinski definition) is 1. The van der Waals surface area contributed by atoms with Crippen molar-refractivity contribution in [3.8, 4) is 0 Å². The summed E-state index contributed by atoms with van der Waals surface area (Å²) < 4.78 is 10.5. The zero-order chi connectivity index (χ0) is 13.4. The van der Waals surface area contributed by atoms with E-state index in [1.165, 1.54) is 19.3 Å². The maximum absolute atomic E-state index is 5.30. The van der Waals surface area contributed by atoms with Crippen LogP contribution in [0.4, 0.5) is 0 Å². The van der Waals surface area contributed by atoms with Crippen LogP contribution in [0.5, 0.6) is 0 Å². The van der Waals surface area contributed by atoms with E-state index in [1.807, 2.05) is 0 Å². The first-order valence-corrected chi connectivity index (χ1v) is 7.19. The third kappa shape index (κ3) is 4.84. The molecule has 0 amide bonds. The Morgan fingerprint density at radius 3 is 2.67 bits per heavy atom. The summed E-state index contributed by atoms with van der Waals surface area (Å²) in [5.41, 5.74) is 0. The van der Waals surface area contributed by atoms with Gasteiger partial charge in [-0.3, -0.25) is 4.90 Å². The number of nitrogens with one attached hydrogen (secondary N) is 1. The lowest BCUT2D eigenvalue weighted by atomic mass is 10.1. The molecule has 1 aliphatic rings. The first-order valence-electron chi connectivity index (χ1n) is 7.19. The van der Waals surface area contributed by atoms with Crippen LogP contribution in [0, 0.1) is 0 Å². The Balaban J connectivity index is 2.48. The molecule has 0 saturated heterocycles. The molecule has 1 saturated carbocycles. The van der Waals surface area contributed by atoms with Gasteiger partial charge in [-0.1, -0.05) is 6.92 Å². The summed E-state index contributed by atoms with van der Waals surface area (Å²) in [6, 6.07) is 1.84. The Bertz CT molecular complexity index is 214. The molecule has 0 aromatic heterocycles. The van der Waals surface area contributed by atoms with Gasteiger partial charge in [0, 0.05) is 38.9 Å². The second-order valence-electron chi connectivity index (χ2n) is 5.26. The van der Waals surface area contributed by atoms with Crippen LogP contribution < -0.4 is 5.32 Å². The summed E-state index contributed by atoms with van der Waals surface area (Å²) in [5.74, 6) is 0. The fourth-order valence-electron chi connectivity index (χ4n) is 3.03. The van der Waals surface area contributed by atoms with E-state index in [4.69, 9.17) is 9.47 Å². The van der Waals surface area contributed by atoms with Crippen molar-refractivity contribution in [2.24, 2.45) is 0 Å². The molecule has 0 heterocycles. The minimum absolute atomic E-state index is 0.468. The normalized spacial score (nSPS) is 25.8. The monoisotopic (exact) mass is 258 g/mol. The van der Waals surface area contributed by atoms with E-state index in [2.05, 4.69) is 24.1 Å². The molecular formula is C14H30N2O2. The van der Waals surface area contributed by atoms with Crippen molar-refractivity contribution in [3.05, 3.63) is 0 Å². The Kier molecular flexibility index (Phi) is 7.82. The van der Waals surface area contributed by atoms with E-state index in [9.17, 15) is 0 Å². The molecule has 4 nitrogen and oxygen atoms in total. The maximum Gasteiger partial charge on any atom is 0.0615 e. The maximum atomic E-state index is 5.30. The zero-order valence-corrected chi connectivity index (χ0v) is 12.4. The molecule has 108 valence electrons. The third-order valence-electron chi connectivity index (χ3n) is 3.89. The van der Waals surface area contributed by atoms with E-state index in [0.29, 0.717) is 18.1 Å². The summed E-state index contributed by atoms with van der Waals surface area (Å²) in [4.78, 5) is 2.56. The van der Waals surface area contributed by atoms with Crippen molar-refractivity contribution in [1.29, 1.82) is 0 Å². The molecule has 1 N–H and O–H groups in total. The second kappa shape index (κ2) is 8.86. The van der Waals surface area contributed by atoms with Crippen LogP contribution >= 0.6 is 0 Å². The van der Waals surface area contributed by atoms with Gasteiger partial charge in [0.05, 0.1) is 13.2 Å². The number of hydrogen-bond acceptors (Lipinski definition) is 4. The summed E-state index contributed by atoms with van der Waals surface area (Å²) in [5, 5.41) is 3.57. The van der Waals surface area contributed by atoms with Crippen LogP contribution in [0.1, 0.15) is 33.1 Å². The van der Waals surface area contributed by atoms with Crippen molar-refractivity contribution in [2.45, 2.75) is 51.2 Å². The van der Waals surface area contributed by atoms with Gasteiger partial charge in [0.1, 0.15) is 0 Å². The topological polar surface area (TPSA) is 33.7 Å². The largest absolute Gasteiger partial charge is 0.383 e. The minimum Gasteiger partial charge on any atom is -0.383 e. The smallest absolute Gasteiger partial charge is 0.0615 e. The molecule has 0 radical (unpaired) electrons. The van der Waals surface area contributed by atoms with E-state index in [1.54, 1.807) is 14.2 Å². The average Bonchev–Trinajstić information content (AvgIpc) is 2.79. The Labute approximate surface area is 112 Å². The lowest BCUT2D eigenvalue weighted by Gasteiger charge is -2.34. The van der Waals surface area contributed by atoms with Gasteiger partial charge in [-0.05, 0) is 32.7 Å². The van der Waals surface area contributed by atoms with Gasteiger partial charge in [0.2, 0.25) is 0 Å². The first kappa shape index (κ1) is 15.9. The van der Waals surface area contributed by atoms with Gasteiger partial charge in [-0.15, -0.1) is 0 Å². The SMILES string of the molecule is CCNC1CCC(N(CCOC)C(C)COC)C1. The standard InChI is InChI=1S/C14H30N2O2/c1-5-15-13-6-7-14(10-13)16(8-9-17-3)12(2)11-18-4/h12-15H,5-11H2,1-4H3. The van der Waals surface area contributed by atoms with Gasteiger partial charge in [-0.2, -0.15) is 0 Å². The fourth-order valence-corrected chi connectivity index (χ4v) is 3.03. The molecule has 0 aromatic carbocycles. The number of rotatable bonds is 9. The van der Waals surface area contributed by atoms with Gasteiger partial charge in [0.25, 0.3) is 0 Å². The molecule has 0 aromatic rings. The Hall–Kier alpha value is -0.160. The number of ether oxygens (including phenoxy) is 2. The summed E-state index contributed by atoms with van der Waals surface area (Å²) in [7, 11) is 3.55. The van der Waals surface area contributed by atoms with Gasteiger partial charge < -0.3 is 14.8 Å². The Morgan fingerprint density at radius 1 is 1.28 bits per heavy atom. The molecule has 3 unspecified atom stereocenters. The fraction of sp³-hybridized carbons (Fsp3) is 1.00. The predicted molar refractivity (Wildman–Crippen MR) is 75.0 cm³/mol. The van der Waals surface area contributed by atoms with Gasteiger partial charge >= 0.3 is 0 Å². The third-order valence-corrected chi connectivity index (χ3v) is 3.89. The molecule has 1 aliphatic carbocycles. The van der Waals surface area contributed by atoms with Crippen LogP contribution in [-0.4, -0.2) is 63.5 Å². The highest BCUT2D eigenvalue weighted by molar-refractivity contribution is 4.88. The lowest BCUT2D eigenvalue weighted by Crippen LogP contribution is -2.45. The van der Waals surface area contributed by atoms with Crippen LogP contribution in [0.25, 0.3) is 0 Å². The van der Waals surface area contributed by atoms with Crippen molar-refractivity contribution in [2.75, 3.05) is 40.5 Å². The van der Waals surface area contributed by atoms with E-state index in [0.717, 1.165) is 26.3 Å².